The Balaban J connectivity index is 1.85. The van der Waals surface area contributed by atoms with Gasteiger partial charge in [-0.25, -0.2) is 4.98 Å². The third kappa shape index (κ3) is 1.87. The van der Waals surface area contributed by atoms with E-state index >= 15 is 0 Å². The topological polar surface area (TPSA) is 37.8 Å². The number of anilines is 2. The zero-order valence-electron chi connectivity index (χ0n) is 12.4. The molecule has 6 heteroatoms. The van der Waals surface area contributed by atoms with E-state index in [0.717, 1.165) is 45.1 Å². The molecule has 114 valence electrons. The maximum atomic E-state index is 6.32. The molecule has 2 saturated heterocycles. The molecule has 0 saturated carbocycles. The van der Waals surface area contributed by atoms with E-state index in [1.165, 1.54) is 11.3 Å². The number of halogens is 1. The largest absolute Gasteiger partial charge is 0.378 e. The van der Waals surface area contributed by atoms with Crippen molar-refractivity contribution in [3.8, 4) is 0 Å². The molecule has 2 fully saturated rings. The van der Waals surface area contributed by atoms with Crippen molar-refractivity contribution >= 4 is 23.1 Å². The zero-order valence-corrected chi connectivity index (χ0v) is 13.2. The van der Waals surface area contributed by atoms with Gasteiger partial charge in [0.05, 0.1) is 25.5 Å². The second kappa shape index (κ2) is 4.73. The standard InChI is InChI=1S/C15H20ClN3O2/c1-15-3-6-21-14(15)18(2)12-10(15)9-11(16)17-13(12)19-4-7-20-8-5-19/h9,14H,3-8H2,1-2H3. The number of rotatable bonds is 1. The van der Waals surface area contributed by atoms with Gasteiger partial charge in [-0.1, -0.05) is 18.5 Å². The van der Waals surface area contributed by atoms with E-state index in [9.17, 15) is 0 Å². The Bertz CT molecular complexity index is 576. The molecule has 2 atom stereocenters. The number of likely N-dealkylation sites (N-methyl/N-ethyl adjacent to an activating group) is 1. The molecule has 0 bridgehead atoms. The van der Waals surface area contributed by atoms with Crippen molar-refractivity contribution in [2.45, 2.75) is 25.0 Å². The summed E-state index contributed by atoms with van der Waals surface area (Å²) in [6, 6.07) is 2.02. The molecule has 0 aromatic carbocycles. The van der Waals surface area contributed by atoms with E-state index in [1.807, 2.05) is 6.07 Å². The minimum absolute atomic E-state index is 0.0116. The lowest BCUT2D eigenvalue weighted by molar-refractivity contribution is 0.0920. The van der Waals surface area contributed by atoms with Crippen LogP contribution in [0.4, 0.5) is 11.5 Å². The van der Waals surface area contributed by atoms with Crippen LogP contribution in [-0.2, 0) is 14.9 Å². The molecule has 0 spiro atoms. The maximum Gasteiger partial charge on any atom is 0.154 e. The smallest absolute Gasteiger partial charge is 0.154 e. The number of nitrogens with zero attached hydrogens (tertiary/aromatic N) is 3. The van der Waals surface area contributed by atoms with Crippen LogP contribution in [0.2, 0.25) is 5.15 Å². The summed E-state index contributed by atoms with van der Waals surface area (Å²) in [4.78, 5) is 9.12. The molecule has 3 aliphatic heterocycles. The first-order valence-corrected chi connectivity index (χ1v) is 7.87. The van der Waals surface area contributed by atoms with Gasteiger partial charge in [0.25, 0.3) is 0 Å². The van der Waals surface area contributed by atoms with E-state index in [4.69, 9.17) is 21.1 Å². The minimum atomic E-state index is 0.0116. The number of ether oxygens (including phenoxy) is 2. The number of fused-ring (bicyclic) bond motifs is 3. The fourth-order valence-electron chi connectivity index (χ4n) is 3.89. The Labute approximate surface area is 129 Å². The van der Waals surface area contributed by atoms with E-state index in [-0.39, 0.29) is 11.6 Å². The monoisotopic (exact) mass is 309 g/mol. The van der Waals surface area contributed by atoms with Crippen LogP contribution in [0.3, 0.4) is 0 Å². The van der Waals surface area contributed by atoms with Crippen molar-refractivity contribution in [2.24, 2.45) is 0 Å². The van der Waals surface area contributed by atoms with E-state index in [2.05, 4.69) is 28.8 Å². The first-order chi connectivity index (χ1) is 10.1. The number of pyridine rings is 1. The molecule has 4 heterocycles. The van der Waals surface area contributed by atoms with Crippen molar-refractivity contribution in [1.29, 1.82) is 0 Å². The summed E-state index contributed by atoms with van der Waals surface area (Å²) in [6.45, 7) is 6.27. The highest BCUT2D eigenvalue weighted by molar-refractivity contribution is 6.29. The number of hydrogen-bond acceptors (Lipinski definition) is 5. The van der Waals surface area contributed by atoms with Crippen molar-refractivity contribution < 1.29 is 9.47 Å². The Morgan fingerprint density at radius 2 is 2.10 bits per heavy atom. The molecular formula is C15H20ClN3O2. The Hall–Kier alpha value is -1.04. The Morgan fingerprint density at radius 1 is 1.33 bits per heavy atom. The second-order valence-electron chi connectivity index (χ2n) is 6.27. The van der Waals surface area contributed by atoms with Gasteiger partial charge in [0.1, 0.15) is 11.4 Å². The van der Waals surface area contributed by atoms with Gasteiger partial charge in [-0.15, -0.1) is 0 Å². The number of morpholine rings is 1. The maximum absolute atomic E-state index is 6.32. The van der Waals surface area contributed by atoms with E-state index < -0.39 is 0 Å². The normalized spacial score (nSPS) is 31.5. The van der Waals surface area contributed by atoms with Crippen LogP contribution in [0, 0.1) is 0 Å². The fourth-order valence-corrected chi connectivity index (χ4v) is 4.08. The lowest BCUT2D eigenvalue weighted by Gasteiger charge is -2.31. The molecule has 3 aliphatic rings. The van der Waals surface area contributed by atoms with Gasteiger partial charge in [0.2, 0.25) is 0 Å². The molecule has 4 rings (SSSR count). The van der Waals surface area contributed by atoms with Gasteiger partial charge in [-0.2, -0.15) is 0 Å². The van der Waals surface area contributed by atoms with E-state index in [0.29, 0.717) is 5.15 Å². The summed E-state index contributed by atoms with van der Waals surface area (Å²) < 4.78 is 11.4. The molecule has 1 aromatic rings. The van der Waals surface area contributed by atoms with Crippen molar-refractivity contribution in [3.63, 3.8) is 0 Å². The van der Waals surface area contributed by atoms with Crippen molar-refractivity contribution in [3.05, 3.63) is 16.8 Å². The number of aromatic nitrogens is 1. The average Bonchev–Trinajstić information content (AvgIpc) is 2.97. The Kier molecular flexibility index (Phi) is 3.07. The van der Waals surface area contributed by atoms with Crippen molar-refractivity contribution in [2.75, 3.05) is 49.8 Å². The first kappa shape index (κ1) is 13.6. The predicted molar refractivity (Wildman–Crippen MR) is 82.4 cm³/mol. The minimum Gasteiger partial charge on any atom is -0.378 e. The summed E-state index contributed by atoms with van der Waals surface area (Å²) in [7, 11) is 2.10. The molecule has 21 heavy (non-hydrogen) atoms. The lowest BCUT2D eigenvalue weighted by atomic mass is 9.82. The van der Waals surface area contributed by atoms with Gasteiger partial charge in [-0.05, 0) is 18.1 Å². The van der Waals surface area contributed by atoms with Crippen LogP contribution >= 0.6 is 11.6 Å². The molecule has 0 amide bonds. The van der Waals surface area contributed by atoms with Crippen LogP contribution in [0.1, 0.15) is 18.9 Å². The molecule has 0 N–H and O–H groups in total. The summed E-state index contributed by atoms with van der Waals surface area (Å²) in [6.07, 6.45) is 1.12. The average molecular weight is 310 g/mol. The van der Waals surface area contributed by atoms with Crippen LogP contribution in [-0.4, -0.2) is 51.2 Å². The van der Waals surface area contributed by atoms with Gasteiger partial charge in [0.15, 0.2) is 5.82 Å². The highest BCUT2D eigenvalue weighted by atomic mass is 35.5. The van der Waals surface area contributed by atoms with Crippen LogP contribution in [0.15, 0.2) is 6.07 Å². The molecule has 2 unspecified atom stereocenters. The fraction of sp³-hybridized carbons (Fsp3) is 0.667. The molecule has 1 aromatic heterocycles. The summed E-state index contributed by atoms with van der Waals surface area (Å²) in [5.74, 6) is 0.975. The quantitative estimate of drug-likeness (QED) is 0.742. The van der Waals surface area contributed by atoms with E-state index in [1.54, 1.807) is 0 Å². The highest BCUT2D eigenvalue weighted by Crippen LogP contribution is 2.53. The third-order valence-electron chi connectivity index (χ3n) is 5.02. The van der Waals surface area contributed by atoms with Crippen LogP contribution in [0.5, 0.6) is 0 Å². The summed E-state index contributed by atoms with van der Waals surface area (Å²) in [5.41, 5.74) is 2.46. The predicted octanol–water partition coefficient (Wildman–Crippen LogP) is 2.03. The molecule has 0 aliphatic carbocycles. The SMILES string of the molecule is CN1c2c(cc(Cl)nc2N2CCOCC2)C2(C)CCOC12. The highest BCUT2D eigenvalue weighted by Gasteiger charge is 2.52. The molecule has 0 radical (unpaired) electrons. The van der Waals surface area contributed by atoms with Gasteiger partial charge < -0.3 is 19.3 Å². The van der Waals surface area contributed by atoms with Crippen molar-refractivity contribution in [1.82, 2.24) is 4.98 Å². The summed E-state index contributed by atoms with van der Waals surface area (Å²) >= 11 is 6.32. The summed E-state index contributed by atoms with van der Waals surface area (Å²) in [5, 5.41) is 0.567. The lowest BCUT2D eigenvalue weighted by Crippen LogP contribution is -2.39. The Morgan fingerprint density at radius 3 is 2.86 bits per heavy atom. The molecular weight excluding hydrogens is 290 g/mol. The van der Waals surface area contributed by atoms with Crippen LogP contribution < -0.4 is 9.80 Å². The third-order valence-corrected chi connectivity index (χ3v) is 5.21. The van der Waals surface area contributed by atoms with Crippen LogP contribution in [0.25, 0.3) is 0 Å². The molecule has 5 nitrogen and oxygen atoms in total. The second-order valence-corrected chi connectivity index (χ2v) is 6.65. The van der Waals surface area contributed by atoms with Gasteiger partial charge in [0, 0.05) is 25.6 Å². The number of hydrogen-bond donors (Lipinski definition) is 0. The zero-order chi connectivity index (χ0) is 14.6. The van der Waals surface area contributed by atoms with Gasteiger partial charge in [-0.3, -0.25) is 0 Å². The first-order valence-electron chi connectivity index (χ1n) is 7.49. The van der Waals surface area contributed by atoms with Gasteiger partial charge >= 0.3 is 0 Å².